The van der Waals surface area contributed by atoms with Crippen LogP contribution in [0.3, 0.4) is 0 Å². The summed E-state index contributed by atoms with van der Waals surface area (Å²) in [5, 5.41) is 5.36. The summed E-state index contributed by atoms with van der Waals surface area (Å²) < 4.78 is 19.5. The maximum absolute atomic E-state index is 13.9. The van der Waals surface area contributed by atoms with E-state index in [4.69, 9.17) is 4.42 Å². The minimum Gasteiger partial charge on any atom is -0.457 e. The third-order valence-electron chi connectivity index (χ3n) is 4.67. The third-order valence-corrected chi connectivity index (χ3v) is 4.67. The van der Waals surface area contributed by atoms with Crippen molar-refractivity contribution < 1.29 is 23.2 Å². The standard InChI is InChI=1S/C25H24FN3O4/c1-3-29(16-24(31)28-19-10-8-18(9-11-19)27-17(2)30)25(32)15-13-20-12-14-23(33-20)21-6-4-5-7-22(21)26/h4-15H,3,16H2,1-2H3,(H,27,30)(H,28,31). The van der Waals surface area contributed by atoms with Crippen molar-refractivity contribution in [3.8, 4) is 11.3 Å². The van der Waals surface area contributed by atoms with Crippen LogP contribution >= 0.6 is 0 Å². The van der Waals surface area contributed by atoms with Crippen molar-refractivity contribution in [3.63, 3.8) is 0 Å². The topological polar surface area (TPSA) is 91.7 Å². The number of carbonyl (C=O) groups is 3. The summed E-state index contributed by atoms with van der Waals surface area (Å²) in [5.74, 6) is -0.553. The van der Waals surface area contributed by atoms with Gasteiger partial charge in [-0.2, -0.15) is 0 Å². The molecule has 0 bridgehead atoms. The number of carbonyl (C=O) groups excluding carboxylic acids is 3. The van der Waals surface area contributed by atoms with E-state index in [-0.39, 0.29) is 24.3 Å². The Morgan fingerprint density at radius 2 is 1.64 bits per heavy atom. The summed E-state index contributed by atoms with van der Waals surface area (Å²) in [7, 11) is 0. The number of nitrogens with one attached hydrogen (secondary N) is 2. The van der Waals surface area contributed by atoms with E-state index >= 15 is 0 Å². The van der Waals surface area contributed by atoms with Crippen LogP contribution in [0.4, 0.5) is 15.8 Å². The summed E-state index contributed by atoms with van der Waals surface area (Å²) in [4.78, 5) is 37.3. The zero-order valence-electron chi connectivity index (χ0n) is 18.3. The van der Waals surface area contributed by atoms with Crippen molar-refractivity contribution in [1.82, 2.24) is 4.90 Å². The lowest BCUT2D eigenvalue weighted by molar-refractivity contribution is -0.130. The van der Waals surface area contributed by atoms with Crippen LogP contribution in [0.5, 0.6) is 0 Å². The van der Waals surface area contributed by atoms with Crippen molar-refractivity contribution in [3.05, 3.63) is 78.3 Å². The highest BCUT2D eigenvalue weighted by Gasteiger charge is 2.14. The van der Waals surface area contributed by atoms with Gasteiger partial charge in [-0.3, -0.25) is 14.4 Å². The molecule has 8 heteroatoms. The Balaban J connectivity index is 1.57. The van der Waals surface area contributed by atoms with Crippen LogP contribution in [0.2, 0.25) is 0 Å². The molecular formula is C25H24FN3O4. The molecule has 170 valence electrons. The maximum atomic E-state index is 13.9. The van der Waals surface area contributed by atoms with E-state index in [1.54, 1.807) is 61.5 Å². The third kappa shape index (κ3) is 6.64. The van der Waals surface area contributed by atoms with Gasteiger partial charge in [0.1, 0.15) is 23.9 Å². The minimum atomic E-state index is -0.397. The fourth-order valence-corrected chi connectivity index (χ4v) is 3.07. The fourth-order valence-electron chi connectivity index (χ4n) is 3.07. The van der Waals surface area contributed by atoms with E-state index in [2.05, 4.69) is 10.6 Å². The first kappa shape index (κ1) is 23.5. The molecule has 0 saturated heterocycles. The number of nitrogens with zero attached hydrogens (tertiary/aromatic N) is 1. The lowest BCUT2D eigenvalue weighted by Crippen LogP contribution is -2.36. The van der Waals surface area contributed by atoms with Gasteiger partial charge < -0.3 is 20.0 Å². The predicted molar refractivity (Wildman–Crippen MR) is 125 cm³/mol. The second kappa shape index (κ2) is 10.9. The highest BCUT2D eigenvalue weighted by molar-refractivity contribution is 5.98. The second-order valence-corrected chi connectivity index (χ2v) is 7.17. The van der Waals surface area contributed by atoms with Gasteiger partial charge >= 0.3 is 0 Å². The number of furan rings is 1. The van der Waals surface area contributed by atoms with Crippen molar-refractivity contribution in [2.24, 2.45) is 0 Å². The predicted octanol–water partition coefficient (Wildman–Crippen LogP) is 4.54. The molecule has 0 saturated carbocycles. The monoisotopic (exact) mass is 449 g/mol. The SMILES string of the molecule is CCN(CC(=O)Nc1ccc(NC(C)=O)cc1)C(=O)C=Cc1ccc(-c2ccccc2F)o1. The van der Waals surface area contributed by atoms with E-state index in [1.165, 1.54) is 30.0 Å². The number of hydrogen-bond donors (Lipinski definition) is 2. The molecule has 7 nitrogen and oxygen atoms in total. The highest BCUT2D eigenvalue weighted by atomic mass is 19.1. The molecular weight excluding hydrogens is 425 g/mol. The number of anilines is 2. The Morgan fingerprint density at radius 3 is 2.27 bits per heavy atom. The molecule has 3 amide bonds. The largest absolute Gasteiger partial charge is 0.457 e. The molecule has 0 atom stereocenters. The molecule has 0 aliphatic rings. The number of amides is 3. The van der Waals surface area contributed by atoms with Crippen molar-refractivity contribution in [2.75, 3.05) is 23.7 Å². The zero-order chi connectivity index (χ0) is 23.8. The number of rotatable bonds is 8. The van der Waals surface area contributed by atoms with Crippen LogP contribution < -0.4 is 10.6 Å². The zero-order valence-corrected chi connectivity index (χ0v) is 18.3. The van der Waals surface area contributed by atoms with Crippen LogP contribution in [-0.4, -0.2) is 35.7 Å². The summed E-state index contributed by atoms with van der Waals surface area (Å²) in [6.45, 7) is 3.38. The van der Waals surface area contributed by atoms with Crippen LogP contribution in [0.1, 0.15) is 19.6 Å². The number of hydrogen-bond acceptors (Lipinski definition) is 4. The molecule has 2 aromatic carbocycles. The maximum Gasteiger partial charge on any atom is 0.247 e. The molecule has 3 aromatic rings. The minimum absolute atomic E-state index is 0.133. The van der Waals surface area contributed by atoms with Gasteiger partial charge in [0.15, 0.2) is 0 Å². The number of halogens is 1. The Kier molecular flexibility index (Phi) is 7.75. The van der Waals surface area contributed by atoms with Crippen molar-refractivity contribution in [2.45, 2.75) is 13.8 Å². The quantitative estimate of drug-likeness (QED) is 0.494. The lowest BCUT2D eigenvalue weighted by Gasteiger charge is -2.18. The molecule has 0 spiro atoms. The number of likely N-dealkylation sites (N-methyl/N-ethyl adjacent to an activating group) is 1. The van der Waals surface area contributed by atoms with Crippen molar-refractivity contribution in [1.29, 1.82) is 0 Å². The van der Waals surface area contributed by atoms with Crippen LogP contribution in [0.15, 0.2) is 71.2 Å². The Morgan fingerprint density at radius 1 is 0.970 bits per heavy atom. The van der Waals surface area contributed by atoms with Gasteiger partial charge in [-0.25, -0.2) is 4.39 Å². The Bertz CT molecular complexity index is 1170. The molecule has 0 unspecified atom stereocenters. The summed E-state index contributed by atoms with van der Waals surface area (Å²) in [5.41, 5.74) is 1.50. The molecule has 1 heterocycles. The first-order valence-corrected chi connectivity index (χ1v) is 10.3. The highest BCUT2D eigenvalue weighted by Crippen LogP contribution is 2.25. The van der Waals surface area contributed by atoms with E-state index in [9.17, 15) is 18.8 Å². The van der Waals surface area contributed by atoms with Crippen LogP contribution in [-0.2, 0) is 14.4 Å². The summed E-state index contributed by atoms with van der Waals surface area (Å²) >= 11 is 0. The molecule has 1 aromatic heterocycles. The molecule has 2 N–H and O–H groups in total. The Hall–Kier alpha value is -4.20. The van der Waals surface area contributed by atoms with Gasteiger partial charge in [0.2, 0.25) is 17.7 Å². The van der Waals surface area contributed by atoms with Crippen LogP contribution in [0, 0.1) is 5.82 Å². The van der Waals surface area contributed by atoms with Gasteiger partial charge in [-0.15, -0.1) is 0 Å². The lowest BCUT2D eigenvalue weighted by atomic mass is 10.1. The van der Waals surface area contributed by atoms with E-state index in [1.807, 2.05) is 0 Å². The van der Waals surface area contributed by atoms with E-state index in [0.29, 0.717) is 35.0 Å². The molecule has 0 aliphatic heterocycles. The summed E-state index contributed by atoms with van der Waals surface area (Å²) in [6.07, 6.45) is 2.79. The molecule has 0 aliphatic carbocycles. The smallest absolute Gasteiger partial charge is 0.247 e. The number of benzene rings is 2. The van der Waals surface area contributed by atoms with Gasteiger partial charge in [-0.05, 0) is 61.5 Å². The van der Waals surface area contributed by atoms with Crippen molar-refractivity contribution >= 4 is 35.2 Å². The van der Waals surface area contributed by atoms with Gasteiger partial charge in [0.25, 0.3) is 0 Å². The molecule has 33 heavy (non-hydrogen) atoms. The molecule has 3 rings (SSSR count). The van der Waals surface area contributed by atoms with Gasteiger partial charge in [0.05, 0.1) is 5.56 Å². The van der Waals surface area contributed by atoms with Crippen LogP contribution in [0.25, 0.3) is 17.4 Å². The van der Waals surface area contributed by atoms with Gasteiger partial charge in [0, 0.05) is 30.9 Å². The summed E-state index contributed by atoms with van der Waals surface area (Å²) in [6, 6.07) is 16.2. The van der Waals surface area contributed by atoms with E-state index in [0.717, 1.165) is 0 Å². The molecule has 0 radical (unpaired) electrons. The molecule has 0 fully saturated rings. The van der Waals surface area contributed by atoms with E-state index < -0.39 is 5.82 Å². The Labute approximate surface area is 190 Å². The first-order chi connectivity index (χ1) is 15.9. The average Bonchev–Trinajstić information content (AvgIpc) is 3.26. The second-order valence-electron chi connectivity index (χ2n) is 7.17. The average molecular weight is 449 g/mol. The fraction of sp³-hybridized carbons (Fsp3) is 0.160. The van der Waals surface area contributed by atoms with Gasteiger partial charge in [-0.1, -0.05) is 12.1 Å². The normalized spacial score (nSPS) is 10.8. The first-order valence-electron chi connectivity index (χ1n) is 10.3.